The summed E-state index contributed by atoms with van der Waals surface area (Å²) < 4.78 is 0. The van der Waals surface area contributed by atoms with Crippen LogP contribution in [0.1, 0.15) is 32.1 Å². The number of aliphatic hydroxyl groups is 1. The van der Waals surface area contributed by atoms with Crippen molar-refractivity contribution in [1.82, 2.24) is 0 Å². The Hall–Kier alpha value is -0.780. The first-order valence-corrected chi connectivity index (χ1v) is 5.28. The minimum atomic E-state index is -1.07. The lowest BCUT2D eigenvalue weighted by atomic mass is 9.98. The third kappa shape index (κ3) is 3.37. The number of unbranched alkanes of at least 4 members (excludes halogenated alkanes) is 1. The zero-order chi connectivity index (χ0) is 11.4. The molecule has 2 atom stereocenters. The summed E-state index contributed by atoms with van der Waals surface area (Å²) in [5, 5.41) is 9.17. The van der Waals surface area contributed by atoms with Gasteiger partial charge < -0.3 is 16.6 Å². The van der Waals surface area contributed by atoms with Gasteiger partial charge in [-0.1, -0.05) is 12.8 Å². The van der Waals surface area contributed by atoms with Crippen LogP contribution in [0, 0.1) is 5.92 Å². The Morgan fingerprint density at radius 3 is 2.47 bits per heavy atom. The molecule has 0 bridgehead atoms. The van der Waals surface area contributed by atoms with E-state index in [2.05, 4.69) is 0 Å². The van der Waals surface area contributed by atoms with E-state index < -0.39 is 12.0 Å². The molecule has 0 saturated heterocycles. The molecule has 1 rings (SSSR count). The van der Waals surface area contributed by atoms with Crippen LogP contribution in [-0.4, -0.2) is 28.9 Å². The fourth-order valence-electron chi connectivity index (χ4n) is 1.86. The van der Waals surface area contributed by atoms with E-state index in [1.807, 2.05) is 0 Å². The summed E-state index contributed by atoms with van der Waals surface area (Å²) in [6.45, 7) is 0. The molecule has 1 fully saturated rings. The molecule has 0 heterocycles. The van der Waals surface area contributed by atoms with E-state index in [1.54, 1.807) is 0 Å². The Balaban J connectivity index is 2.27. The summed E-state index contributed by atoms with van der Waals surface area (Å²) in [7, 11) is 0. The predicted octanol–water partition coefficient (Wildman–Crippen LogP) is -0.691. The molecule has 1 aliphatic carbocycles. The molecule has 5 heteroatoms. The van der Waals surface area contributed by atoms with Crippen LogP contribution < -0.4 is 11.5 Å². The molecular formula is C10H18N2O3. The summed E-state index contributed by atoms with van der Waals surface area (Å²) >= 11 is 0. The van der Waals surface area contributed by atoms with E-state index >= 15 is 0 Å². The van der Waals surface area contributed by atoms with E-state index in [4.69, 9.17) is 11.5 Å². The second-order valence-electron chi connectivity index (χ2n) is 4.09. The number of hydrogen-bond acceptors (Lipinski definition) is 5. The number of aliphatic hydroxyl groups excluding tert-OH is 1. The van der Waals surface area contributed by atoms with Crippen LogP contribution in [0.25, 0.3) is 0 Å². The monoisotopic (exact) mass is 214 g/mol. The number of nitrogens with two attached hydrogens (primary N) is 2. The molecule has 0 aliphatic heterocycles. The predicted molar refractivity (Wildman–Crippen MR) is 54.8 cm³/mol. The number of Topliss-reactive ketones (excluding diaryl/α,β-unsaturated/α-hetero) is 2. The molecule has 2 unspecified atom stereocenters. The second kappa shape index (κ2) is 5.34. The molecule has 0 radical (unpaired) electrons. The zero-order valence-corrected chi connectivity index (χ0v) is 8.69. The van der Waals surface area contributed by atoms with Gasteiger partial charge in [0.15, 0.2) is 5.78 Å². The van der Waals surface area contributed by atoms with Crippen molar-refractivity contribution >= 4 is 11.6 Å². The van der Waals surface area contributed by atoms with Gasteiger partial charge >= 0.3 is 0 Å². The van der Waals surface area contributed by atoms with Crippen molar-refractivity contribution in [3.63, 3.8) is 0 Å². The molecule has 15 heavy (non-hydrogen) atoms. The van der Waals surface area contributed by atoms with Crippen LogP contribution in [0.2, 0.25) is 0 Å². The molecule has 0 aromatic rings. The average Bonchev–Trinajstić information content (AvgIpc) is 2.37. The SMILES string of the molecule is NC(N)CCCCC1C(=O)CC(O)C1=O. The second-order valence-corrected chi connectivity index (χ2v) is 4.09. The van der Waals surface area contributed by atoms with Gasteiger partial charge in [0, 0.05) is 6.42 Å². The van der Waals surface area contributed by atoms with Gasteiger partial charge in [0.2, 0.25) is 0 Å². The van der Waals surface area contributed by atoms with Crippen molar-refractivity contribution in [1.29, 1.82) is 0 Å². The van der Waals surface area contributed by atoms with Gasteiger partial charge in [-0.2, -0.15) is 0 Å². The van der Waals surface area contributed by atoms with Gasteiger partial charge in [-0.05, 0) is 12.8 Å². The Morgan fingerprint density at radius 2 is 2.00 bits per heavy atom. The first-order chi connectivity index (χ1) is 7.02. The number of carbonyl (C=O) groups excluding carboxylic acids is 2. The van der Waals surface area contributed by atoms with Gasteiger partial charge in [0.25, 0.3) is 0 Å². The molecule has 0 spiro atoms. The van der Waals surface area contributed by atoms with Crippen LogP contribution in [0.5, 0.6) is 0 Å². The Morgan fingerprint density at radius 1 is 1.33 bits per heavy atom. The zero-order valence-electron chi connectivity index (χ0n) is 8.69. The Bertz CT molecular complexity index is 253. The van der Waals surface area contributed by atoms with Gasteiger partial charge in [-0.3, -0.25) is 9.59 Å². The Kier molecular flexibility index (Phi) is 4.38. The van der Waals surface area contributed by atoms with Crippen molar-refractivity contribution in [2.45, 2.75) is 44.4 Å². The van der Waals surface area contributed by atoms with Crippen LogP contribution in [0.15, 0.2) is 0 Å². The van der Waals surface area contributed by atoms with Crippen LogP contribution in [0.4, 0.5) is 0 Å². The average molecular weight is 214 g/mol. The van der Waals surface area contributed by atoms with Crippen molar-refractivity contribution in [2.24, 2.45) is 17.4 Å². The van der Waals surface area contributed by atoms with E-state index in [0.29, 0.717) is 12.8 Å². The number of carbonyl (C=O) groups is 2. The van der Waals surface area contributed by atoms with Crippen molar-refractivity contribution in [3.05, 3.63) is 0 Å². The van der Waals surface area contributed by atoms with E-state index in [9.17, 15) is 14.7 Å². The van der Waals surface area contributed by atoms with Crippen LogP contribution in [-0.2, 0) is 9.59 Å². The van der Waals surface area contributed by atoms with Gasteiger partial charge in [0.05, 0.1) is 12.1 Å². The summed E-state index contributed by atoms with van der Waals surface area (Å²) in [6, 6.07) is 0. The molecule has 86 valence electrons. The highest BCUT2D eigenvalue weighted by molar-refractivity contribution is 6.11. The maximum atomic E-state index is 11.3. The normalized spacial score (nSPS) is 26.7. The van der Waals surface area contributed by atoms with Crippen molar-refractivity contribution in [2.75, 3.05) is 0 Å². The maximum absolute atomic E-state index is 11.3. The number of ketones is 2. The standard InChI is InChI=1S/C10H18N2O3/c11-9(12)4-2-1-3-6-7(13)5-8(14)10(6)15/h6,8-9,14H,1-5,11-12H2. The van der Waals surface area contributed by atoms with E-state index in [0.717, 1.165) is 12.8 Å². The molecular weight excluding hydrogens is 196 g/mol. The van der Waals surface area contributed by atoms with E-state index in [1.165, 1.54) is 0 Å². The topological polar surface area (TPSA) is 106 Å². The molecule has 0 aromatic carbocycles. The summed E-state index contributed by atoms with van der Waals surface area (Å²) in [6.07, 6.45) is 1.36. The highest BCUT2D eigenvalue weighted by Gasteiger charge is 2.39. The highest BCUT2D eigenvalue weighted by atomic mass is 16.3. The van der Waals surface area contributed by atoms with Crippen LogP contribution in [0.3, 0.4) is 0 Å². The largest absolute Gasteiger partial charge is 0.385 e. The van der Waals surface area contributed by atoms with Crippen molar-refractivity contribution in [3.8, 4) is 0 Å². The number of hydrogen-bond donors (Lipinski definition) is 3. The molecule has 1 saturated carbocycles. The first kappa shape index (κ1) is 12.3. The summed E-state index contributed by atoms with van der Waals surface area (Å²) in [5.74, 6) is -1.05. The van der Waals surface area contributed by atoms with Gasteiger partial charge in [-0.15, -0.1) is 0 Å². The maximum Gasteiger partial charge on any atom is 0.172 e. The fourth-order valence-corrected chi connectivity index (χ4v) is 1.86. The lowest BCUT2D eigenvalue weighted by Crippen LogP contribution is -2.30. The molecule has 0 aromatic heterocycles. The fraction of sp³-hybridized carbons (Fsp3) is 0.800. The quantitative estimate of drug-likeness (QED) is 0.319. The van der Waals surface area contributed by atoms with Gasteiger partial charge in [-0.25, -0.2) is 0 Å². The highest BCUT2D eigenvalue weighted by Crippen LogP contribution is 2.23. The third-order valence-electron chi connectivity index (χ3n) is 2.74. The smallest absolute Gasteiger partial charge is 0.172 e. The lowest BCUT2D eigenvalue weighted by molar-refractivity contribution is -0.130. The van der Waals surface area contributed by atoms with Gasteiger partial charge in [0.1, 0.15) is 11.9 Å². The third-order valence-corrected chi connectivity index (χ3v) is 2.74. The summed E-state index contributed by atoms with van der Waals surface area (Å²) in [5.41, 5.74) is 10.7. The Labute approximate surface area is 88.8 Å². The van der Waals surface area contributed by atoms with E-state index in [-0.39, 0.29) is 24.2 Å². The summed E-state index contributed by atoms with van der Waals surface area (Å²) in [4.78, 5) is 22.6. The molecule has 5 N–H and O–H groups in total. The first-order valence-electron chi connectivity index (χ1n) is 5.28. The van der Waals surface area contributed by atoms with Crippen molar-refractivity contribution < 1.29 is 14.7 Å². The minimum absolute atomic E-state index is 0.0140. The molecule has 1 aliphatic rings. The van der Waals surface area contributed by atoms with Crippen LogP contribution >= 0.6 is 0 Å². The lowest BCUT2D eigenvalue weighted by Gasteiger charge is -2.08. The minimum Gasteiger partial charge on any atom is -0.385 e. The molecule has 5 nitrogen and oxygen atoms in total. The molecule has 0 amide bonds. The number of rotatable bonds is 5.